The lowest BCUT2D eigenvalue weighted by Gasteiger charge is -2.34. The second-order valence-corrected chi connectivity index (χ2v) is 7.38. The molecule has 0 aliphatic carbocycles. The third-order valence-electron chi connectivity index (χ3n) is 5.45. The Hall–Kier alpha value is -3.12. The van der Waals surface area contributed by atoms with Crippen molar-refractivity contribution in [1.29, 1.82) is 0 Å². The predicted octanol–water partition coefficient (Wildman–Crippen LogP) is 3.71. The van der Waals surface area contributed by atoms with Crippen molar-refractivity contribution in [2.75, 3.05) is 38.0 Å². The summed E-state index contributed by atoms with van der Waals surface area (Å²) < 4.78 is 2.20. The molecule has 3 aromatic rings. The van der Waals surface area contributed by atoms with E-state index in [9.17, 15) is 4.79 Å². The minimum Gasteiger partial charge on any atom is -0.330 e. The van der Waals surface area contributed by atoms with Crippen LogP contribution in [0.25, 0.3) is 11.4 Å². The summed E-state index contributed by atoms with van der Waals surface area (Å²) in [5.74, 6) is 1.00. The Balaban J connectivity index is 1.27. The summed E-state index contributed by atoms with van der Waals surface area (Å²) in [6.45, 7) is 7.10. The van der Waals surface area contributed by atoms with Crippen LogP contribution < -0.4 is 5.32 Å². The molecule has 0 bridgehead atoms. The maximum Gasteiger partial charge on any atom is 0.321 e. The average molecular weight is 390 g/mol. The van der Waals surface area contributed by atoms with Gasteiger partial charge in [0.1, 0.15) is 5.82 Å². The highest BCUT2D eigenvalue weighted by molar-refractivity contribution is 5.90. The number of amides is 2. The van der Waals surface area contributed by atoms with E-state index in [2.05, 4.69) is 31.9 Å². The molecule has 150 valence electrons. The average Bonchev–Trinajstić information content (AvgIpc) is 3.23. The highest BCUT2D eigenvalue weighted by atomic mass is 16.2. The van der Waals surface area contributed by atoms with Crippen molar-refractivity contribution in [3.8, 4) is 11.4 Å². The van der Waals surface area contributed by atoms with Crippen molar-refractivity contribution >= 4 is 11.7 Å². The fraction of sp³-hybridized carbons (Fsp3) is 0.304. The van der Waals surface area contributed by atoms with Crippen LogP contribution in [0.3, 0.4) is 0 Å². The van der Waals surface area contributed by atoms with Crippen LogP contribution >= 0.6 is 0 Å². The number of piperazine rings is 1. The van der Waals surface area contributed by atoms with Gasteiger partial charge in [-0.05, 0) is 18.6 Å². The molecule has 6 heteroatoms. The molecule has 1 aliphatic heterocycles. The lowest BCUT2D eigenvalue weighted by atomic mass is 10.2. The SMILES string of the molecule is Cc1ccccc1NC(=O)N1CCN(CCn2ccnc2-c2ccccc2)CC1. The van der Waals surface area contributed by atoms with E-state index >= 15 is 0 Å². The number of aryl methyl sites for hydroxylation is 1. The van der Waals surface area contributed by atoms with Gasteiger partial charge in [0.15, 0.2) is 0 Å². The molecule has 1 aromatic heterocycles. The number of rotatable bonds is 5. The minimum atomic E-state index is -0.0140. The third kappa shape index (κ3) is 4.66. The number of anilines is 1. The van der Waals surface area contributed by atoms with Gasteiger partial charge in [0, 0.05) is 62.9 Å². The number of para-hydroxylation sites is 1. The van der Waals surface area contributed by atoms with E-state index in [4.69, 9.17) is 0 Å². The normalized spacial score (nSPS) is 14.7. The van der Waals surface area contributed by atoms with E-state index in [1.807, 2.05) is 66.7 Å². The van der Waals surface area contributed by atoms with E-state index in [0.29, 0.717) is 0 Å². The zero-order valence-electron chi connectivity index (χ0n) is 16.8. The molecule has 4 rings (SSSR count). The van der Waals surface area contributed by atoms with Gasteiger partial charge in [0.25, 0.3) is 0 Å². The number of hydrogen-bond donors (Lipinski definition) is 1. The Morgan fingerprint density at radius 2 is 1.69 bits per heavy atom. The summed E-state index contributed by atoms with van der Waals surface area (Å²) in [5.41, 5.74) is 3.10. The number of nitrogens with zero attached hydrogens (tertiary/aromatic N) is 4. The summed E-state index contributed by atoms with van der Waals surface area (Å²) in [6.07, 6.45) is 3.89. The molecule has 1 fully saturated rings. The molecule has 2 aromatic carbocycles. The predicted molar refractivity (Wildman–Crippen MR) is 116 cm³/mol. The van der Waals surface area contributed by atoms with E-state index < -0.39 is 0 Å². The Morgan fingerprint density at radius 3 is 2.45 bits per heavy atom. The van der Waals surface area contributed by atoms with Gasteiger partial charge in [0.05, 0.1) is 0 Å². The summed E-state index contributed by atoms with van der Waals surface area (Å²) >= 11 is 0. The zero-order valence-corrected chi connectivity index (χ0v) is 16.8. The van der Waals surface area contributed by atoms with Crippen molar-refractivity contribution in [2.24, 2.45) is 0 Å². The molecule has 1 aliphatic rings. The second kappa shape index (κ2) is 8.92. The quantitative estimate of drug-likeness (QED) is 0.724. The first-order valence-electron chi connectivity index (χ1n) is 10.1. The number of urea groups is 1. The van der Waals surface area contributed by atoms with E-state index in [1.54, 1.807) is 0 Å². The van der Waals surface area contributed by atoms with Crippen LogP contribution in [0.4, 0.5) is 10.5 Å². The van der Waals surface area contributed by atoms with Crippen LogP contribution in [-0.4, -0.2) is 58.1 Å². The molecule has 0 spiro atoms. The molecule has 2 amide bonds. The number of hydrogen-bond acceptors (Lipinski definition) is 3. The van der Waals surface area contributed by atoms with Gasteiger partial charge in [-0.1, -0.05) is 48.5 Å². The molecular weight excluding hydrogens is 362 g/mol. The number of carbonyl (C=O) groups excluding carboxylic acids is 1. The number of carbonyl (C=O) groups is 1. The van der Waals surface area contributed by atoms with Gasteiger partial charge >= 0.3 is 6.03 Å². The first-order valence-corrected chi connectivity index (χ1v) is 10.1. The molecule has 1 saturated heterocycles. The van der Waals surface area contributed by atoms with Gasteiger partial charge in [-0.15, -0.1) is 0 Å². The highest BCUT2D eigenvalue weighted by Crippen LogP contribution is 2.17. The molecule has 0 saturated carbocycles. The van der Waals surface area contributed by atoms with Crippen LogP contribution in [0.1, 0.15) is 5.56 Å². The number of aromatic nitrogens is 2. The molecule has 2 heterocycles. The number of benzene rings is 2. The summed E-state index contributed by atoms with van der Waals surface area (Å²) in [7, 11) is 0. The Labute approximate surface area is 171 Å². The van der Waals surface area contributed by atoms with Crippen molar-refractivity contribution < 1.29 is 4.79 Å². The van der Waals surface area contributed by atoms with Gasteiger partial charge < -0.3 is 14.8 Å². The van der Waals surface area contributed by atoms with Crippen LogP contribution in [0.2, 0.25) is 0 Å². The second-order valence-electron chi connectivity index (χ2n) is 7.38. The Morgan fingerprint density at radius 1 is 0.966 bits per heavy atom. The van der Waals surface area contributed by atoms with E-state index in [0.717, 1.165) is 61.9 Å². The van der Waals surface area contributed by atoms with Crippen LogP contribution in [0.5, 0.6) is 0 Å². The van der Waals surface area contributed by atoms with E-state index in [-0.39, 0.29) is 6.03 Å². The number of imidazole rings is 1. The highest BCUT2D eigenvalue weighted by Gasteiger charge is 2.21. The summed E-state index contributed by atoms with van der Waals surface area (Å²) in [4.78, 5) is 21.4. The standard InChI is InChI=1S/C23H27N5O/c1-19-7-5-6-10-21(19)25-23(29)28-17-14-26(15-18-28)13-16-27-12-11-24-22(27)20-8-3-2-4-9-20/h2-12H,13-18H2,1H3,(H,25,29). The Kier molecular flexibility index (Phi) is 5.91. The third-order valence-corrected chi connectivity index (χ3v) is 5.45. The molecule has 0 unspecified atom stereocenters. The van der Waals surface area contributed by atoms with Crippen molar-refractivity contribution in [3.63, 3.8) is 0 Å². The van der Waals surface area contributed by atoms with Gasteiger partial charge in [-0.25, -0.2) is 9.78 Å². The van der Waals surface area contributed by atoms with E-state index in [1.165, 1.54) is 0 Å². The van der Waals surface area contributed by atoms with Crippen LogP contribution in [-0.2, 0) is 6.54 Å². The molecule has 1 N–H and O–H groups in total. The maximum atomic E-state index is 12.6. The van der Waals surface area contributed by atoms with Gasteiger partial charge in [-0.2, -0.15) is 0 Å². The monoisotopic (exact) mass is 389 g/mol. The fourth-order valence-electron chi connectivity index (χ4n) is 3.67. The lowest BCUT2D eigenvalue weighted by molar-refractivity contribution is 0.144. The lowest BCUT2D eigenvalue weighted by Crippen LogP contribution is -2.50. The fourth-order valence-corrected chi connectivity index (χ4v) is 3.67. The molecule has 6 nitrogen and oxygen atoms in total. The van der Waals surface area contributed by atoms with Gasteiger partial charge in [0.2, 0.25) is 0 Å². The van der Waals surface area contributed by atoms with Crippen LogP contribution in [0.15, 0.2) is 67.0 Å². The summed E-state index contributed by atoms with van der Waals surface area (Å²) in [6, 6.07) is 18.1. The topological polar surface area (TPSA) is 53.4 Å². The first kappa shape index (κ1) is 19.2. The van der Waals surface area contributed by atoms with Gasteiger partial charge in [-0.3, -0.25) is 4.90 Å². The maximum absolute atomic E-state index is 12.6. The molecule has 29 heavy (non-hydrogen) atoms. The molecular formula is C23H27N5O. The summed E-state index contributed by atoms with van der Waals surface area (Å²) in [5, 5.41) is 3.03. The van der Waals surface area contributed by atoms with Crippen molar-refractivity contribution in [1.82, 2.24) is 19.4 Å². The van der Waals surface area contributed by atoms with Crippen LogP contribution in [0, 0.1) is 6.92 Å². The largest absolute Gasteiger partial charge is 0.330 e. The number of nitrogens with one attached hydrogen (secondary N) is 1. The molecule has 0 atom stereocenters. The molecule has 0 radical (unpaired) electrons. The minimum absolute atomic E-state index is 0.0140. The van der Waals surface area contributed by atoms with Crippen molar-refractivity contribution in [2.45, 2.75) is 13.5 Å². The first-order chi connectivity index (χ1) is 14.2. The Bertz CT molecular complexity index is 945. The zero-order chi connectivity index (χ0) is 20.1. The smallest absolute Gasteiger partial charge is 0.321 e. The van der Waals surface area contributed by atoms with Crippen molar-refractivity contribution in [3.05, 3.63) is 72.6 Å².